The molecule has 2 aromatic carbocycles. The minimum atomic E-state index is -0.465. The first kappa shape index (κ1) is 16.6. The van der Waals surface area contributed by atoms with Crippen molar-refractivity contribution in [2.24, 2.45) is 0 Å². The Kier molecular flexibility index (Phi) is 5.03. The number of hydrogen-bond donors (Lipinski definition) is 0. The van der Waals surface area contributed by atoms with E-state index in [4.69, 9.17) is 14.0 Å². The van der Waals surface area contributed by atoms with Gasteiger partial charge in [0.25, 0.3) is 5.89 Å². The van der Waals surface area contributed by atoms with E-state index in [1.807, 2.05) is 18.2 Å². The Balaban J connectivity index is 1.57. The lowest BCUT2D eigenvalue weighted by Gasteiger charge is -2.02. The minimum Gasteiger partial charge on any atom is -0.497 e. The van der Waals surface area contributed by atoms with Crippen molar-refractivity contribution in [3.05, 3.63) is 65.8 Å². The van der Waals surface area contributed by atoms with Crippen LogP contribution >= 0.6 is 0 Å². The summed E-state index contributed by atoms with van der Waals surface area (Å²) >= 11 is 0. The largest absolute Gasteiger partial charge is 0.497 e. The van der Waals surface area contributed by atoms with Crippen molar-refractivity contribution in [3.8, 4) is 17.1 Å². The highest BCUT2D eigenvalue weighted by Gasteiger charge is 2.12. The molecule has 0 bridgehead atoms. The zero-order chi connectivity index (χ0) is 17.6. The van der Waals surface area contributed by atoms with Crippen molar-refractivity contribution < 1.29 is 23.2 Å². The van der Waals surface area contributed by atoms with Crippen LogP contribution in [0.15, 0.2) is 53.1 Å². The van der Waals surface area contributed by atoms with Crippen LogP contribution < -0.4 is 4.74 Å². The number of esters is 1. The molecule has 0 saturated heterocycles. The summed E-state index contributed by atoms with van der Waals surface area (Å²) in [6.07, 6.45) is 0.0388. The molecule has 128 valence electrons. The number of carbonyl (C=O) groups is 1. The molecule has 1 heterocycles. The highest BCUT2D eigenvalue weighted by molar-refractivity contribution is 5.72. The smallest absolute Gasteiger partial charge is 0.310 e. The van der Waals surface area contributed by atoms with E-state index in [1.54, 1.807) is 13.2 Å². The van der Waals surface area contributed by atoms with Crippen molar-refractivity contribution in [1.82, 2.24) is 10.1 Å². The van der Waals surface area contributed by atoms with Gasteiger partial charge in [-0.3, -0.25) is 4.79 Å². The summed E-state index contributed by atoms with van der Waals surface area (Å²) in [5, 5.41) is 3.86. The zero-order valence-electron chi connectivity index (χ0n) is 13.4. The SMILES string of the molecule is COc1cccc(-c2noc(COC(=O)Cc3ccc(F)cc3)n2)c1. The Labute approximate surface area is 143 Å². The summed E-state index contributed by atoms with van der Waals surface area (Å²) in [7, 11) is 1.57. The number of methoxy groups -OCH3 is 1. The van der Waals surface area contributed by atoms with Crippen LogP contribution in [0.25, 0.3) is 11.4 Å². The molecule has 6 nitrogen and oxygen atoms in total. The molecule has 0 radical (unpaired) electrons. The lowest BCUT2D eigenvalue weighted by molar-refractivity contribution is -0.144. The monoisotopic (exact) mass is 342 g/mol. The highest BCUT2D eigenvalue weighted by Crippen LogP contribution is 2.21. The Morgan fingerprint density at radius 2 is 2.00 bits per heavy atom. The minimum absolute atomic E-state index is 0.0388. The van der Waals surface area contributed by atoms with Crippen LogP contribution in [0.2, 0.25) is 0 Å². The van der Waals surface area contributed by atoms with Crippen molar-refractivity contribution >= 4 is 5.97 Å². The number of carbonyl (C=O) groups excluding carboxylic acids is 1. The standard InChI is InChI=1S/C18H15FN2O4/c1-23-15-4-2-3-13(10-15)18-20-16(25-21-18)11-24-17(22)9-12-5-7-14(19)8-6-12/h2-8,10H,9,11H2,1H3. The third-order valence-electron chi connectivity index (χ3n) is 3.41. The summed E-state index contributed by atoms with van der Waals surface area (Å²) in [5.74, 6) is 0.420. The first-order valence-corrected chi connectivity index (χ1v) is 7.51. The van der Waals surface area contributed by atoms with Gasteiger partial charge in [0.1, 0.15) is 11.6 Å². The van der Waals surface area contributed by atoms with E-state index in [0.29, 0.717) is 17.1 Å². The quantitative estimate of drug-likeness (QED) is 0.641. The molecule has 0 aliphatic carbocycles. The Morgan fingerprint density at radius 1 is 1.20 bits per heavy atom. The van der Waals surface area contributed by atoms with E-state index in [0.717, 1.165) is 5.56 Å². The predicted octanol–water partition coefficient (Wildman–Crippen LogP) is 3.17. The van der Waals surface area contributed by atoms with Crippen molar-refractivity contribution in [1.29, 1.82) is 0 Å². The number of ether oxygens (including phenoxy) is 2. The van der Waals surface area contributed by atoms with Crippen LogP contribution in [0.5, 0.6) is 5.75 Å². The highest BCUT2D eigenvalue weighted by atomic mass is 19.1. The van der Waals surface area contributed by atoms with Crippen LogP contribution in [0.4, 0.5) is 4.39 Å². The average Bonchev–Trinajstić information content (AvgIpc) is 3.11. The van der Waals surface area contributed by atoms with Crippen molar-refractivity contribution in [3.63, 3.8) is 0 Å². The van der Waals surface area contributed by atoms with Gasteiger partial charge in [-0.2, -0.15) is 4.98 Å². The topological polar surface area (TPSA) is 74.5 Å². The Bertz CT molecular complexity index is 862. The van der Waals surface area contributed by atoms with E-state index >= 15 is 0 Å². The summed E-state index contributed by atoms with van der Waals surface area (Å²) in [6, 6.07) is 12.9. The maximum atomic E-state index is 12.8. The van der Waals surface area contributed by atoms with Crippen LogP contribution in [-0.2, 0) is 22.6 Å². The molecule has 0 aliphatic heterocycles. The van der Waals surface area contributed by atoms with E-state index in [9.17, 15) is 9.18 Å². The summed E-state index contributed by atoms with van der Waals surface area (Å²) in [4.78, 5) is 16.0. The fraction of sp³-hybridized carbons (Fsp3) is 0.167. The average molecular weight is 342 g/mol. The van der Waals surface area contributed by atoms with Gasteiger partial charge >= 0.3 is 5.97 Å². The van der Waals surface area contributed by atoms with E-state index < -0.39 is 5.97 Å². The molecule has 0 atom stereocenters. The predicted molar refractivity (Wildman–Crippen MR) is 86.2 cm³/mol. The van der Waals surface area contributed by atoms with Gasteiger partial charge in [-0.1, -0.05) is 29.4 Å². The van der Waals surface area contributed by atoms with Gasteiger partial charge in [0, 0.05) is 5.56 Å². The number of halogens is 1. The molecule has 0 saturated carbocycles. The fourth-order valence-corrected chi connectivity index (χ4v) is 2.16. The van der Waals surface area contributed by atoms with Crippen LogP contribution in [-0.4, -0.2) is 23.2 Å². The first-order valence-electron chi connectivity index (χ1n) is 7.51. The molecule has 0 spiro atoms. The van der Waals surface area contributed by atoms with Crippen molar-refractivity contribution in [2.45, 2.75) is 13.0 Å². The molecule has 0 N–H and O–H groups in total. The Morgan fingerprint density at radius 3 is 2.76 bits per heavy atom. The van der Waals surface area contributed by atoms with Gasteiger partial charge in [-0.05, 0) is 29.8 Å². The van der Waals surface area contributed by atoms with E-state index in [1.165, 1.54) is 24.3 Å². The summed E-state index contributed by atoms with van der Waals surface area (Å²) < 4.78 is 28.2. The van der Waals surface area contributed by atoms with E-state index in [2.05, 4.69) is 10.1 Å². The third kappa shape index (κ3) is 4.41. The third-order valence-corrected chi connectivity index (χ3v) is 3.41. The molecule has 1 aromatic heterocycles. The number of hydrogen-bond acceptors (Lipinski definition) is 6. The fourth-order valence-electron chi connectivity index (χ4n) is 2.16. The number of rotatable bonds is 6. The van der Waals surface area contributed by atoms with Crippen LogP contribution in [0.3, 0.4) is 0 Å². The van der Waals surface area contributed by atoms with Crippen LogP contribution in [0, 0.1) is 5.82 Å². The molecule has 3 aromatic rings. The second-order valence-corrected chi connectivity index (χ2v) is 5.21. The maximum absolute atomic E-state index is 12.8. The number of nitrogens with zero attached hydrogens (tertiary/aromatic N) is 2. The van der Waals surface area contributed by atoms with Gasteiger partial charge in [-0.25, -0.2) is 4.39 Å². The lowest BCUT2D eigenvalue weighted by atomic mass is 10.1. The number of aromatic nitrogens is 2. The second kappa shape index (κ2) is 7.57. The van der Waals surface area contributed by atoms with Gasteiger partial charge < -0.3 is 14.0 Å². The summed E-state index contributed by atoms with van der Waals surface area (Å²) in [6.45, 7) is -0.128. The summed E-state index contributed by atoms with van der Waals surface area (Å²) in [5.41, 5.74) is 1.39. The first-order chi connectivity index (χ1) is 12.1. The lowest BCUT2D eigenvalue weighted by Crippen LogP contribution is -2.08. The normalized spacial score (nSPS) is 10.5. The van der Waals surface area contributed by atoms with Gasteiger partial charge in [0.05, 0.1) is 13.5 Å². The molecule has 0 unspecified atom stereocenters. The van der Waals surface area contributed by atoms with Gasteiger partial charge in [-0.15, -0.1) is 0 Å². The van der Waals surface area contributed by atoms with Gasteiger partial charge in [0.15, 0.2) is 6.61 Å². The van der Waals surface area contributed by atoms with Crippen LogP contribution in [0.1, 0.15) is 11.5 Å². The molecule has 0 aliphatic rings. The second-order valence-electron chi connectivity index (χ2n) is 5.21. The zero-order valence-corrected chi connectivity index (χ0v) is 13.4. The molecular formula is C18H15FN2O4. The van der Waals surface area contributed by atoms with E-state index in [-0.39, 0.29) is 24.7 Å². The van der Waals surface area contributed by atoms with Crippen molar-refractivity contribution in [2.75, 3.05) is 7.11 Å². The molecular weight excluding hydrogens is 327 g/mol. The maximum Gasteiger partial charge on any atom is 0.310 e. The Hall–Kier alpha value is -3.22. The molecule has 3 rings (SSSR count). The molecule has 0 fully saturated rings. The molecule has 25 heavy (non-hydrogen) atoms. The number of benzene rings is 2. The molecule has 7 heteroatoms. The van der Waals surface area contributed by atoms with Gasteiger partial charge in [0.2, 0.25) is 5.82 Å². The molecule has 0 amide bonds.